The quantitative estimate of drug-likeness (QED) is 0.556. The van der Waals surface area contributed by atoms with Crippen LogP contribution < -0.4 is 10.3 Å². The highest BCUT2D eigenvalue weighted by Crippen LogP contribution is 2.26. The van der Waals surface area contributed by atoms with E-state index in [2.05, 4.69) is 15.0 Å². The molecule has 7 nitrogen and oxygen atoms in total. The highest BCUT2D eigenvalue weighted by Gasteiger charge is 2.16. The number of aromatic nitrogens is 3. The van der Waals surface area contributed by atoms with Crippen molar-refractivity contribution in [1.82, 2.24) is 14.5 Å². The Bertz CT molecular complexity index is 1220. The average molecular weight is 372 g/mol. The largest absolute Gasteiger partial charge is 0.494 e. The standard InChI is InChI=1S/C21H16N4O3/c1-28-19-10-9-14(12-24-19)23-13-17-15-6-2-3-7-16(15)20(26)25(21(17)27)18-8-4-5-11-22-18/h2-13,27H,1H3. The number of ether oxygens (including phenoxy) is 1. The van der Waals surface area contributed by atoms with Crippen molar-refractivity contribution in [3.63, 3.8) is 0 Å². The van der Waals surface area contributed by atoms with Crippen LogP contribution in [0, 0.1) is 0 Å². The molecule has 0 aliphatic carbocycles. The molecule has 138 valence electrons. The Kier molecular flexibility index (Phi) is 4.55. The van der Waals surface area contributed by atoms with Crippen LogP contribution in [0.4, 0.5) is 5.69 Å². The maximum absolute atomic E-state index is 12.9. The van der Waals surface area contributed by atoms with Gasteiger partial charge >= 0.3 is 0 Å². The van der Waals surface area contributed by atoms with E-state index in [1.807, 2.05) is 0 Å². The summed E-state index contributed by atoms with van der Waals surface area (Å²) in [6.45, 7) is 0. The molecular weight excluding hydrogens is 356 g/mol. The topological polar surface area (TPSA) is 89.6 Å². The lowest BCUT2D eigenvalue weighted by molar-refractivity contribution is 0.398. The van der Waals surface area contributed by atoms with Crippen molar-refractivity contribution in [3.8, 4) is 17.6 Å². The average Bonchev–Trinajstić information content (AvgIpc) is 2.75. The Hall–Kier alpha value is -4.00. The van der Waals surface area contributed by atoms with E-state index in [4.69, 9.17) is 4.74 Å². The number of hydrogen-bond acceptors (Lipinski definition) is 6. The summed E-state index contributed by atoms with van der Waals surface area (Å²) in [6.07, 6.45) is 4.64. The smallest absolute Gasteiger partial charge is 0.267 e. The lowest BCUT2D eigenvalue weighted by Crippen LogP contribution is -2.20. The second-order valence-electron chi connectivity index (χ2n) is 5.93. The number of nitrogens with zero attached hydrogens (tertiary/aromatic N) is 4. The first-order valence-electron chi connectivity index (χ1n) is 8.51. The normalized spacial score (nSPS) is 11.2. The van der Waals surface area contributed by atoms with E-state index >= 15 is 0 Å². The number of aromatic hydroxyl groups is 1. The zero-order valence-electron chi connectivity index (χ0n) is 15.0. The third-order valence-electron chi connectivity index (χ3n) is 4.25. The van der Waals surface area contributed by atoms with Gasteiger partial charge in [0.2, 0.25) is 11.8 Å². The van der Waals surface area contributed by atoms with Gasteiger partial charge in [0.1, 0.15) is 5.82 Å². The monoisotopic (exact) mass is 372 g/mol. The second kappa shape index (κ2) is 7.32. The molecule has 0 saturated heterocycles. The van der Waals surface area contributed by atoms with Gasteiger partial charge in [-0.3, -0.25) is 9.79 Å². The van der Waals surface area contributed by atoms with Gasteiger partial charge in [-0.1, -0.05) is 24.3 Å². The number of pyridine rings is 3. The SMILES string of the molecule is COc1ccc(N=Cc2c(O)n(-c3ccccn3)c(=O)c3ccccc23)cn1. The van der Waals surface area contributed by atoms with E-state index in [0.29, 0.717) is 33.7 Å². The Labute approximate surface area is 160 Å². The fourth-order valence-corrected chi connectivity index (χ4v) is 2.90. The molecule has 0 spiro atoms. The molecule has 0 radical (unpaired) electrons. The molecule has 1 N–H and O–H groups in total. The molecule has 3 heterocycles. The van der Waals surface area contributed by atoms with Gasteiger partial charge in [0.25, 0.3) is 5.56 Å². The van der Waals surface area contributed by atoms with Crippen molar-refractivity contribution >= 4 is 22.7 Å². The Balaban J connectivity index is 1.92. The number of rotatable bonds is 4. The number of methoxy groups -OCH3 is 1. The maximum atomic E-state index is 12.9. The minimum atomic E-state index is -0.352. The molecule has 0 aliphatic rings. The summed E-state index contributed by atoms with van der Waals surface area (Å²) in [6, 6.07) is 15.7. The first-order chi connectivity index (χ1) is 13.7. The summed E-state index contributed by atoms with van der Waals surface area (Å²) in [7, 11) is 1.54. The van der Waals surface area contributed by atoms with Gasteiger partial charge in [0, 0.05) is 29.3 Å². The lowest BCUT2D eigenvalue weighted by Gasteiger charge is -2.12. The number of benzene rings is 1. The van der Waals surface area contributed by atoms with Crippen LogP contribution in [-0.4, -0.2) is 33.0 Å². The predicted octanol–water partition coefficient (Wildman–Crippen LogP) is 3.25. The van der Waals surface area contributed by atoms with E-state index in [-0.39, 0.29) is 11.4 Å². The van der Waals surface area contributed by atoms with Crippen LogP contribution in [0.5, 0.6) is 11.8 Å². The molecule has 1 aromatic carbocycles. The molecule has 0 bridgehead atoms. The number of hydrogen-bond donors (Lipinski definition) is 1. The molecule has 4 aromatic rings. The molecule has 0 saturated carbocycles. The highest BCUT2D eigenvalue weighted by molar-refractivity contribution is 6.02. The van der Waals surface area contributed by atoms with Crippen LogP contribution in [0.3, 0.4) is 0 Å². The van der Waals surface area contributed by atoms with Crippen LogP contribution in [0.1, 0.15) is 5.56 Å². The summed E-state index contributed by atoms with van der Waals surface area (Å²) in [5.74, 6) is 0.583. The summed E-state index contributed by atoms with van der Waals surface area (Å²) in [5, 5.41) is 11.9. The molecule has 4 rings (SSSR count). The van der Waals surface area contributed by atoms with E-state index < -0.39 is 0 Å². The van der Waals surface area contributed by atoms with Gasteiger partial charge in [-0.25, -0.2) is 14.5 Å². The zero-order chi connectivity index (χ0) is 19.5. The van der Waals surface area contributed by atoms with E-state index in [0.717, 1.165) is 0 Å². The van der Waals surface area contributed by atoms with Crippen molar-refractivity contribution in [2.75, 3.05) is 7.11 Å². The molecule has 28 heavy (non-hydrogen) atoms. The van der Waals surface area contributed by atoms with Crippen LogP contribution in [0.2, 0.25) is 0 Å². The van der Waals surface area contributed by atoms with Gasteiger partial charge in [-0.15, -0.1) is 0 Å². The fraction of sp³-hybridized carbons (Fsp3) is 0.0476. The van der Waals surface area contributed by atoms with Gasteiger partial charge < -0.3 is 9.84 Å². The molecule has 3 aromatic heterocycles. The summed E-state index contributed by atoms with van der Waals surface area (Å²) < 4.78 is 6.22. The van der Waals surface area contributed by atoms with Crippen molar-refractivity contribution < 1.29 is 9.84 Å². The summed E-state index contributed by atoms with van der Waals surface area (Å²) in [5.41, 5.74) is 0.645. The third kappa shape index (κ3) is 3.09. The fourth-order valence-electron chi connectivity index (χ4n) is 2.90. The highest BCUT2D eigenvalue weighted by atomic mass is 16.5. The van der Waals surface area contributed by atoms with Crippen LogP contribution in [0.15, 0.2) is 76.8 Å². The van der Waals surface area contributed by atoms with Crippen molar-refractivity contribution in [3.05, 3.63) is 82.9 Å². The van der Waals surface area contributed by atoms with Crippen molar-refractivity contribution in [1.29, 1.82) is 0 Å². The minimum Gasteiger partial charge on any atom is -0.494 e. The maximum Gasteiger partial charge on any atom is 0.267 e. The molecule has 0 fully saturated rings. The van der Waals surface area contributed by atoms with Gasteiger partial charge in [-0.05, 0) is 24.3 Å². The second-order valence-corrected chi connectivity index (χ2v) is 5.93. The Morgan fingerprint density at radius 2 is 1.82 bits per heavy atom. The first-order valence-corrected chi connectivity index (χ1v) is 8.51. The Morgan fingerprint density at radius 1 is 1.04 bits per heavy atom. The van der Waals surface area contributed by atoms with Gasteiger partial charge in [0.05, 0.1) is 24.6 Å². The van der Waals surface area contributed by atoms with Crippen LogP contribution in [-0.2, 0) is 0 Å². The van der Waals surface area contributed by atoms with Crippen LogP contribution in [0.25, 0.3) is 16.6 Å². The van der Waals surface area contributed by atoms with E-state index in [1.165, 1.54) is 17.9 Å². The number of fused-ring (bicyclic) bond motifs is 1. The van der Waals surface area contributed by atoms with E-state index in [1.54, 1.807) is 67.0 Å². The van der Waals surface area contributed by atoms with Crippen molar-refractivity contribution in [2.45, 2.75) is 0 Å². The summed E-state index contributed by atoms with van der Waals surface area (Å²) in [4.78, 5) is 25.6. The molecule has 7 heteroatoms. The Morgan fingerprint density at radius 3 is 2.50 bits per heavy atom. The molecule has 0 unspecified atom stereocenters. The predicted molar refractivity (Wildman–Crippen MR) is 107 cm³/mol. The van der Waals surface area contributed by atoms with Gasteiger partial charge in [-0.2, -0.15) is 0 Å². The zero-order valence-corrected chi connectivity index (χ0v) is 15.0. The van der Waals surface area contributed by atoms with Crippen molar-refractivity contribution in [2.24, 2.45) is 4.99 Å². The van der Waals surface area contributed by atoms with Crippen LogP contribution >= 0.6 is 0 Å². The molecule has 0 atom stereocenters. The first kappa shape index (κ1) is 17.4. The van der Waals surface area contributed by atoms with E-state index in [9.17, 15) is 9.90 Å². The molecule has 0 aliphatic heterocycles. The molecular formula is C21H16N4O3. The number of aliphatic imine (C=N–C) groups is 1. The third-order valence-corrected chi connectivity index (χ3v) is 4.25. The lowest BCUT2D eigenvalue weighted by atomic mass is 10.1. The molecule has 0 amide bonds. The summed E-state index contributed by atoms with van der Waals surface area (Å²) >= 11 is 0. The minimum absolute atomic E-state index is 0.229. The van der Waals surface area contributed by atoms with Gasteiger partial charge in [0.15, 0.2) is 0 Å².